The zero-order chi connectivity index (χ0) is 13.1. The molecule has 0 amide bonds. The molecule has 2 N–H and O–H groups in total. The zero-order valence-corrected chi connectivity index (χ0v) is 9.15. The van der Waals surface area contributed by atoms with Crippen molar-refractivity contribution in [1.29, 1.82) is 5.26 Å². The number of hydrogen-bond acceptors (Lipinski definition) is 3. The molecule has 0 atom stereocenters. The first-order chi connectivity index (χ1) is 8.60. The highest BCUT2D eigenvalue weighted by atomic mass is 19.1. The molecule has 2 aromatic rings. The van der Waals surface area contributed by atoms with E-state index >= 15 is 0 Å². The summed E-state index contributed by atoms with van der Waals surface area (Å²) in [5, 5.41) is 8.74. The molecule has 18 heavy (non-hydrogen) atoms. The highest BCUT2D eigenvalue weighted by Crippen LogP contribution is 2.30. The van der Waals surface area contributed by atoms with Gasteiger partial charge >= 0.3 is 0 Å². The van der Waals surface area contributed by atoms with Crippen LogP contribution in [0, 0.1) is 23.0 Å². The lowest BCUT2D eigenvalue weighted by Gasteiger charge is -2.09. The Morgan fingerprint density at radius 2 is 1.83 bits per heavy atom. The van der Waals surface area contributed by atoms with Gasteiger partial charge in [0.15, 0.2) is 17.3 Å². The first kappa shape index (κ1) is 11.9. The SMILES string of the molecule is N#Cc1ccc(N)c(Oc2cc(F)ccc2F)c1. The molecule has 5 heteroatoms. The van der Waals surface area contributed by atoms with E-state index in [4.69, 9.17) is 15.7 Å². The van der Waals surface area contributed by atoms with E-state index in [-0.39, 0.29) is 17.2 Å². The Bertz CT molecular complexity index is 635. The number of rotatable bonds is 2. The lowest BCUT2D eigenvalue weighted by molar-refractivity contribution is 0.438. The third kappa shape index (κ3) is 2.38. The Kier molecular flexibility index (Phi) is 3.11. The molecule has 3 nitrogen and oxygen atoms in total. The maximum Gasteiger partial charge on any atom is 0.166 e. The fourth-order valence-corrected chi connectivity index (χ4v) is 1.37. The molecule has 0 aliphatic rings. The van der Waals surface area contributed by atoms with Gasteiger partial charge in [-0.15, -0.1) is 0 Å². The minimum absolute atomic E-state index is 0.110. The van der Waals surface area contributed by atoms with Crippen molar-refractivity contribution in [3.63, 3.8) is 0 Å². The van der Waals surface area contributed by atoms with E-state index in [9.17, 15) is 8.78 Å². The third-order valence-electron chi connectivity index (χ3n) is 2.26. The molecule has 0 fully saturated rings. The van der Waals surface area contributed by atoms with Gasteiger partial charge in [0.2, 0.25) is 0 Å². The molecular weight excluding hydrogens is 238 g/mol. The Balaban J connectivity index is 2.39. The molecule has 2 rings (SSSR count). The summed E-state index contributed by atoms with van der Waals surface area (Å²) < 4.78 is 31.5. The fourth-order valence-electron chi connectivity index (χ4n) is 1.37. The van der Waals surface area contributed by atoms with Gasteiger partial charge in [-0.2, -0.15) is 5.26 Å². The molecule has 0 radical (unpaired) electrons. The maximum atomic E-state index is 13.4. The van der Waals surface area contributed by atoms with E-state index in [1.54, 1.807) is 0 Å². The van der Waals surface area contributed by atoms with Crippen molar-refractivity contribution in [3.05, 3.63) is 53.6 Å². The summed E-state index contributed by atoms with van der Waals surface area (Å²) in [7, 11) is 0. The number of nitriles is 1. The van der Waals surface area contributed by atoms with Gasteiger partial charge in [-0.05, 0) is 24.3 Å². The third-order valence-corrected chi connectivity index (χ3v) is 2.26. The average molecular weight is 246 g/mol. The molecular formula is C13H8F2N2O. The van der Waals surface area contributed by atoms with Crippen molar-refractivity contribution in [3.8, 4) is 17.6 Å². The topological polar surface area (TPSA) is 59.0 Å². The minimum atomic E-state index is -0.710. The Morgan fingerprint density at radius 3 is 2.56 bits per heavy atom. The first-order valence-electron chi connectivity index (χ1n) is 5.02. The second kappa shape index (κ2) is 4.72. The van der Waals surface area contributed by atoms with Gasteiger partial charge < -0.3 is 10.5 Å². The van der Waals surface area contributed by atoms with Crippen LogP contribution in [0.5, 0.6) is 11.5 Å². The van der Waals surface area contributed by atoms with Crippen LogP contribution < -0.4 is 10.5 Å². The molecule has 0 saturated carbocycles. The normalized spacial score (nSPS) is 9.83. The second-order valence-electron chi connectivity index (χ2n) is 3.54. The average Bonchev–Trinajstić information content (AvgIpc) is 2.36. The van der Waals surface area contributed by atoms with Crippen LogP contribution in [-0.4, -0.2) is 0 Å². The van der Waals surface area contributed by atoms with E-state index in [2.05, 4.69) is 0 Å². The largest absolute Gasteiger partial charge is 0.452 e. The molecule has 0 heterocycles. The van der Waals surface area contributed by atoms with Crippen LogP contribution in [0.25, 0.3) is 0 Å². The molecule has 0 spiro atoms. The molecule has 2 aromatic carbocycles. The summed E-state index contributed by atoms with van der Waals surface area (Å²) in [6.07, 6.45) is 0. The van der Waals surface area contributed by atoms with E-state index < -0.39 is 11.6 Å². The Morgan fingerprint density at radius 1 is 1.06 bits per heavy atom. The molecule has 0 bridgehead atoms. The highest BCUT2D eigenvalue weighted by molar-refractivity contribution is 5.57. The number of nitrogen functional groups attached to an aromatic ring is 1. The van der Waals surface area contributed by atoms with Crippen LogP contribution in [0.3, 0.4) is 0 Å². The standard InChI is InChI=1S/C13H8F2N2O/c14-9-2-3-10(15)12(6-9)18-13-5-8(7-16)1-4-11(13)17/h1-6H,17H2. The van der Waals surface area contributed by atoms with Crippen molar-refractivity contribution in [1.82, 2.24) is 0 Å². The van der Waals surface area contributed by atoms with Crippen molar-refractivity contribution in [2.75, 3.05) is 5.73 Å². The maximum absolute atomic E-state index is 13.4. The summed E-state index contributed by atoms with van der Waals surface area (Å²) in [6.45, 7) is 0. The number of anilines is 1. The minimum Gasteiger partial charge on any atom is -0.452 e. The smallest absolute Gasteiger partial charge is 0.166 e. The molecule has 90 valence electrons. The second-order valence-corrected chi connectivity index (χ2v) is 3.54. The van der Waals surface area contributed by atoms with Crippen LogP contribution in [0.1, 0.15) is 5.56 Å². The molecule has 0 unspecified atom stereocenters. The molecule has 0 saturated heterocycles. The monoisotopic (exact) mass is 246 g/mol. The molecule has 0 aliphatic heterocycles. The van der Waals surface area contributed by atoms with Gasteiger partial charge in [0, 0.05) is 12.1 Å². The van der Waals surface area contributed by atoms with Crippen LogP contribution in [0.4, 0.5) is 14.5 Å². The number of hydrogen-bond donors (Lipinski definition) is 1. The van der Waals surface area contributed by atoms with E-state index in [1.165, 1.54) is 18.2 Å². The van der Waals surface area contributed by atoms with Crippen molar-refractivity contribution in [2.24, 2.45) is 0 Å². The Labute approximate surface area is 102 Å². The summed E-state index contributed by atoms with van der Waals surface area (Å²) in [5.41, 5.74) is 6.18. The number of halogens is 2. The first-order valence-corrected chi connectivity index (χ1v) is 5.02. The van der Waals surface area contributed by atoms with Gasteiger partial charge in [-0.1, -0.05) is 0 Å². The van der Waals surface area contributed by atoms with Crippen LogP contribution in [0.15, 0.2) is 36.4 Å². The lowest BCUT2D eigenvalue weighted by Crippen LogP contribution is -1.95. The van der Waals surface area contributed by atoms with Crippen molar-refractivity contribution in [2.45, 2.75) is 0 Å². The van der Waals surface area contributed by atoms with Crippen LogP contribution in [0.2, 0.25) is 0 Å². The number of benzene rings is 2. The summed E-state index contributed by atoms with van der Waals surface area (Å²) in [6, 6.07) is 9.08. The summed E-state index contributed by atoms with van der Waals surface area (Å²) >= 11 is 0. The van der Waals surface area contributed by atoms with Crippen molar-refractivity contribution < 1.29 is 13.5 Å². The summed E-state index contributed by atoms with van der Waals surface area (Å²) in [5.74, 6) is -1.50. The van der Waals surface area contributed by atoms with E-state index in [0.29, 0.717) is 5.56 Å². The Hall–Kier alpha value is -2.61. The van der Waals surface area contributed by atoms with Gasteiger partial charge in [0.1, 0.15) is 5.82 Å². The van der Waals surface area contributed by atoms with E-state index in [1.807, 2.05) is 6.07 Å². The predicted molar refractivity (Wildman–Crippen MR) is 62.0 cm³/mol. The number of nitrogens with two attached hydrogens (primary N) is 1. The van der Waals surface area contributed by atoms with E-state index in [0.717, 1.165) is 18.2 Å². The zero-order valence-electron chi connectivity index (χ0n) is 9.15. The van der Waals surface area contributed by atoms with Gasteiger partial charge in [-0.25, -0.2) is 8.78 Å². The lowest BCUT2D eigenvalue weighted by atomic mass is 10.2. The van der Waals surface area contributed by atoms with Crippen molar-refractivity contribution >= 4 is 5.69 Å². The number of nitrogens with zero attached hydrogens (tertiary/aromatic N) is 1. The van der Waals surface area contributed by atoms with Gasteiger partial charge in [0.25, 0.3) is 0 Å². The fraction of sp³-hybridized carbons (Fsp3) is 0. The van der Waals surface area contributed by atoms with Crippen LogP contribution in [-0.2, 0) is 0 Å². The van der Waals surface area contributed by atoms with Gasteiger partial charge in [-0.3, -0.25) is 0 Å². The quantitative estimate of drug-likeness (QED) is 0.827. The predicted octanol–water partition coefficient (Wildman–Crippen LogP) is 3.21. The molecule has 0 aromatic heterocycles. The summed E-state index contributed by atoms with van der Waals surface area (Å²) in [4.78, 5) is 0. The highest BCUT2D eigenvalue weighted by Gasteiger charge is 2.09. The van der Waals surface area contributed by atoms with Crippen LogP contribution >= 0.6 is 0 Å². The number of ether oxygens (including phenoxy) is 1. The molecule has 0 aliphatic carbocycles. The van der Waals surface area contributed by atoms with Gasteiger partial charge in [0.05, 0.1) is 17.3 Å².